The minimum atomic E-state index is -0.870. The molecular weight excluding hydrogens is 460 g/mol. The molecule has 1 aliphatic rings. The Kier molecular flexibility index (Phi) is 7.25. The van der Waals surface area contributed by atoms with Crippen molar-refractivity contribution in [2.75, 3.05) is 11.5 Å². The van der Waals surface area contributed by atoms with Gasteiger partial charge in [0, 0.05) is 0 Å². The Morgan fingerprint density at radius 1 is 0.917 bits per heavy atom. The number of amides is 4. The van der Waals surface area contributed by atoms with Crippen LogP contribution in [0.5, 0.6) is 5.75 Å². The Labute approximate surface area is 208 Å². The molecule has 8 nitrogen and oxygen atoms in total. The van der Waals surface area contributed by atoms with Crippen molar-refractivity contribution < 1.29 is 28.7 Å². The van der Waals surface area contributed by atoms with Gasteiger partial charge in [0.1, 0.15) is 17.9 Å². The summed E-state index contributed by atoms with van der Waals surface area (Å²) in [5.41, 5.74) is 3.09. The van der Waals surface area contributed by atoms with E-state index in [9.17, 15) is 19.2 Å². The molecule has 0 saturated carbocycles. The lowest BCUT2D eigenvalue weighted by Crippen LogP contribution is -2.54. The number of urea groups is 1. The number of esters is 1. The summed E-state index contributed by atoms with van der Waals surface area (Å²) in [7, 11) is 0. The lowest BCUT2D eigenvalue weighted by Gasteiger charge is -2.26. The number of ether oxygens (including phenoxy) is 2. The number of aryl methyl sites for hydroxylation is 1. The Hall–Kier alpha value is -4.72. The highest BCUT2D eigenvalue weighted by molar-refractivity contribution is 6.39. The largest absolute Gasteiger partial charge is 0.489 e. The summed E-state index contributed by atoms with van der Waals surface area (Å²) in [6.45, 7) is 4.35. The molecule has 0 aliphatic carbocycles. The van der Waals surface area contributed by atoms with Crippen molar-refractivity contribution in [3.8, 4) is 5.75 Å². The number of nitrogens with zero attached hydrogens (tertiary/aromatic N) is 1. The van der Waals surface area contributed by atoms with Gasteiger partial charge in [-0.25, -0.2) is 14.5 Å². The van der Waals surface area contributed by atoms with Crippen molar-refractivity contribution in [3.63, 3.8) is 0 Å². The van der Waals surface area contributed by atoms with Gasteiger partial charge >= 0.3 is 12.0 Å². The molecule has 8 heteroatoms. The topological polar surface area (TPSA) is 102 Å². The third kappa shape index (κ3) is 5.50. The maximum Gasteiger partial charge on any atom is 0.338 e. The highest BCUT2D eigenvalue weighted by atomic mass is 16.5. The number of carbonyl (C=O) groups excluding carboxylic acids is 4. The summed E-state index contributed by atoms with van der Waals surface area (Å²) < 4.78 is 10.7. The van der Waals surface area contributed by atoms with Crippen molar-refractivity contribution in [1.82, 2.24) is 5.32 Å². The van der Waals surface area contributed by atoms with E-state index in [0.717, 1.165) is 10.5 Å². The number of imide groups is 2. The van der Waals surface area contributed by atoms with Crippen molar-refractivity contribution in [2.24, 2.45) is 0 Å². The van der Waals surface area contributed by atoms with Gasteiger partial charge in [0.15, 0.2) is 0 Å². The number of rotatable bonds is 7. The molecule has 182 valence electrons. The van der Waals surface area contributed by atoms with Gasteiger partial charge in [-0.2, -0.15) is 0 Å². The molecule has 0 spiro atoms. The average Bonchev–Trinajstić information content (AvgIpc) is 2.87. The summed E-state index contributed by atoms with van der Waals surface area (Å²) >= 11 is 0. The van der Waals surface area contributed by atoms with Crippen molar-refractivity contribution in [1.29, 1.82) is 0 Å². The second kappa shape index (κ2) is 10.7. The lowest BCUT2D eigenvalue weighted by atomic mass is 10.1. The number of anilines is 1. The second-order valence-corrected chi connectivity index (χ2v) is 8.07. The minimum absolute atomic E-state index is 0.197. The first-order valence-corrected chi connectivity index (χ1v) is 11.3. The van der Waals surface area contributed by atoms with Crippen LogP contribution in [0, 0.1) is 6.92 Å². The fourth-order valence-electron chi connectivity index (χ4n) is 3.53. The van der Waals surface area contributed by atoms with Gasteiger partial charge in [-0.05, 0) is 67.4 Å². The molecule has 1 fully saturated rings. The van der Waals surface area contributed by atoms with Crippen LogP contribution in [0.3, 0.4) is 0 Å². The Balaban J connectivity index is 1.49. The molecule has 0 radical (unpaired) electrons. The predicted octanol–water partition coefficient (Wildman–Crippen LogP) is 4.42. The third-order valence-electron chi connectivity index (χ3n) is 5.46. The van der Waals surface area contributed by atoms with E-state index < -0.39 is 23.8 Å². The molecule has 1 aliphatic heterocycles. The molecular formula is C28H24N2O6. The SMILES string of the molecule is CCOC(=O)c1ccc(N2C(=O)NC(=O)/C(=C\c3ccc(OCc4ccc(C)cc4)cc3)C2=O)cc1. The quantitative estimate of drug-likeness (QED) is 0.303. The van der Waals surface area contributed by atoms with E-state index in [4.69, 9.17) is 9.47 Å². The van der Waals surface area contributed by atoms with Crippen LogP contribution in [0.4, 0.5) is 10.5 Å². The average molecular weight is 485 g/mol. The van der Waals surface area contributed by atoms with E-state index in [-0.39, 0.29) is 23.4 Å². The van der Waals surface area contributed by atoms with E-state index in [1.54, 1.807) is 31.2 Å². The van der Waals surface area contributed by atoms with Gasteiger partial charge < -0.3 is 9.47 Å². The number of barbiturate groups is 1. The summed E-state index contributed by atoms with van der Waals surface area (Å²) in [4.78, 5) is 50.6. The standard InChI is InChI=1S/C28H24N2O6/c1-3-35-27(33)21-10-12-22(13-11-21)30-26(32)24(25(31)29-28(30)34)16-19-8-14-23(15-9-19)36-17-20-6-4-18(2)5-7-20/h4-16H,3,17H2,1-2H3,(H,29,31,34)/b24-16+. The molecule has 0 bridgehead atoms. The number of carbonyl (C=O) groups is 4. The highest BCUT2D eigenvalue weighted by Gasteiger charge is 2.36. The Morgan fingerprint density at radius 3 is 2.22 bits per heavy atom. The molecule has 1 N–H and O–H groups in total. The van der Waals surface area contributed by atoms with Crippen LogP contribution >= 0.6 is 0 Å². The minimum Gasteiger partial charge on any atom is -0.489 e. The molecule has 3 aromatic carbocycles. The number of hydrogen-bond donors (Lipinski definition) is 1. The van der Waals surface area contributed by atoms with E-state index in [1.165, 1.54) is 35.9 Å². The summed E-state index contributed by atoms with van der Waals surface area (Å²) in [5.74, 6) is -1.44. The first-order valence-electron chi connectivity index (χ1n) is 11.3. The Bertz CT molecular complexity index is 1330. The van der Waals surface area contributed by atoms with Gasteiger partial charge in [0.25, 0.3) is 11.8 Å². The van der Waals surface area contributed by atoms with Gasteiger partial charge in [-0.3, -0.25) is 14.9 Å². The van der Waals surface area contributed by atoms with Gasteiger partial charge in [-0.1, -0.05) is 42.0 Å². The number of nitrogens with one attached hydrogen (secondary N) is 1. The van der Waals surface area contributed by atoms with E-state index in [1.807, 2.05) is 31.2 Å². The second-order valence-electron chi connectivity index (χ2n) is 8.07. The van der Waals surface area contributed by atoms with Crippen LogP contribution in [-0.4, -0.2) is 30.4 Å². The fraction of sp³-hybridized carbons (Fsp3) is 0.143. The first kappa shape index (κ1) is 24.4. The molecule has 4 amide bonds. The monoisotopic (exact) mass is 484 g/mol. The van der Waals surface area contributed by atoms with Crippen LogP contribution in [0.25, 0.3) is 6.08 Å². The highest BCUT2D eigenvalue weighted by Crippen LogP contribution is 2.23. The van der Waals surface area contributed by atoms with Crippen molar-refractivity contribution in [2.45, 2.75) is 20.5 Å². The molecule has 4 rings (SSSR count). The third-order valence-corrected chi connectivity index (χ3v) is 5.46. The predicted molar refractivity (Wildman–Crippen MR) is 133 cm³/mol. The molecule has 1 saturated heterocycles. The Morgan fingerprint density at radius 2 is 1.58 bits per heavy atom. The van der Waals surface area contributed by atoms with Crippen LogP contribution in [-0.2, 0) is 20.9 Å². The summed E-state index contributed by atoms with van der Waals surface area (Å²) in [6, 6.07) is 19.8. The zero-order valence-corrected chi connectivity index (χ0v) is 19.8. The fourth-order valence-corrected chi connectivity index (χ4v) is 3.53. The first-order chi connectivity index (χ1) is 17.4. The van der Waals surface area contributed by atoms with Crippen LogP contribution in [0.15, 0.2) is 78.4 Å². The van der Waals surface area contributed by atoms with Gasteiger partial charge in [-0.15, -0.1) is 0 Å². The molecule has 0 unspecified atom stereocenters. The van der Waals surface area contributed by atoms with Gasteiger partial charge in [0.2, 0.25) is 0 Å². The van der Waals surface area contributed by atoms with Crippen LogP contribution in [0.2, 0.25) is 0 Å². The van der Waals surface area contributed by atoms with E-state index in [0.29, 0.717) is 17.9 Å². The van der Waals surface area contributed by atoms with E-state index >= 15 is 0 Å². The number of benzene rings is 3. The smallest absolute Gasteiger partial charge is 0.338 e. The molecule has 0 aromatic heterocycles. The maximum atomic E-state index is 13.1. The van der Waals surface area contributed by atoms with Crippen molar-refractivity contribution >= 4 is 35.6 Å². The zero-order valence-electron chi connectivity index (χ0n) is 19.8. The summed E-state index contributed by atoms with van der Waals surface area (Å²) in [6.07, 6.45) is 1.41. The van der Waals surface area contributed by atoms with Crippen LogP contribution < -0.4 is 15.0 Å². The normalized spacial score (nSPS) is 14.6. The molecule has 0 atom stereocenters. The van der Waals surface area contributed by atoms with Gasteiger partial charge in [0.05, 0.1) is 17.9 Å². The number of hydrogen-bond acceptors (Lipinski definition) is 6. The lowest BCUT2D eigenvalue weighted by molar-refractivity contribution is -0.122. The maximum absolute atomic E-state index is 13.1. The molecule has 36 heavy (non-hydrogen) atoms. The van der Waals surface area contributed by atoms with E-state index in [2.05, 4.69) is 5.32 Å². The zero-order chi connectivity index (χ0) is 25.7. The summed E-state index contributed by atoms with van der Waals surface area (Å²) in [5, 5.41) is 2.18. The molecule has 1 heterocycles. The molecule has 3 aromatic rings. The van der Waals surface area contributed by atoms with Crippen molar-refractivity contribution in [3.05, 3.63) is 101 Å². The van der Waals surface area contributed by atoms with Crippen LogP contribution in [0.1, 0.15) is 34.0 Å².